The lowest BCUT2D eigenvalue weighted by atomic mass is 10.1. The molecule has 2 atom stereocenters. The maximum absolute atomic E-state index is 13.4. The Morgan fingerprint density at radius 2 is 1.86 bits per heavy atom. The molecular weight excluding hydrogens is 489 g/mol. The van der Waals surface area contributed by atoms with Crippen LogP contribution in [0.4, 0.5) is 23.7 Å². The number of likely N-dealkylation sites (tertiary alicyclic amines) is 1. The number of ether oxygens (including phenoxy) is 1. The van der Waals surface area contributed by atoms with Crippen molar-refractivity contribution in [3.05, 3.63) is 42.1 Å². The number of hydrogen-bond donors (Lipinski definition) is 1. The Bertz CT molecular complexity index is 1140. The number of alkyl halides is 3. The quantitative estimate of drug-likeness (QED) is 0.584. The Hall–Kier alpha value is -3.50. The summed E-state index contributed by atoms with van der Waals surface area (Å²) in [5.41, 5.74) is 1.42. The van der Waals surface area contributed by atoms with Crippen LogP contribution in [0.25, 0.3) is 11.3 Å². The number of rotatable bonds is 6. The first-order valence-electron chi connectivity index (χ1n) is 12.5. The van der Waals surface area contributed by atoms with Gasteiger partial charge in [-0.1, -0.05) is 19.1 Å². The highest BCUT2D eigenvalue weighted by Crippen LogP contribution is 2.35. The molecule has 11 heteroatoms. The second-order valence-electron chi connectivity index (χ2n) is 9.18. The van der Waals surface area contributed by atoms with E-state index >= 15 is 0 Å². The van der Waals surface area contributed by atoms with Crippen LogP contribution < -0.4 is 9.64 Å². The second kappa shape index (κ2) is 10.9. The van der Waals surface area contributed by atoms with Crippen molar-refractivity contribution in [1.29, 1.82) is 0 Å². The van der Waals surface area contributed by atoms with Crippen molar-refractivity contribution < 1.29 is 32.6 Å². The van der Waals surface area contributed by atoms with Crippen LogP contribution in [-0.2, 0) is 0 Å². The van der Waals surface area contributed by atoms with Gasteiger partial charge < -0.3 is 24.5 Å². The summed E-state index contributed by atoms with van der Waals surface area (Å²) in [5.74, 6) is -0.594. The molecule has 1 aromatic heterocycles. The number of carbonyl (C=O) groups is 2. The average molecular weight is 521 g/mol. The zero-order valence-electron chi connectivity index (χ0n) is 20.9. The first-order chi connectivity index (χ1) is 17.7. The standard InChI is InChI=1S/C26H31F3N4O4/c1-3-17-16-31(25(36)33-13-7-10-22(33)26(27,28)29)14-15-32(17)20-12-11-19(30-23(20)24(34)35)18-8-5-6-9-21(18)37-4-2/h5-6,8-9,11-12,17,22H,3-4,7,10,13-16H2,1-2H3,(H,34,35)/t17-,22+/m1/s1. The number of halogens is 3. The smallest absolute Gasteiger partial charge is 0.408 e. The summed E-state index contributed by atoms with van der Waals surface area (Å²) < 4.78 is 45.9. The molecule has 3 heterocycles. The molecule has 200 valence electrons. The first-order valence-corrected chi connectivity index (χ1v) is 12.5. The molecule has 37 heavy (non-hydrogen) atoms. The van der Waals surface area contributed by atoms with Gasteiger partial charge in [-0.05, 0) is 50.5 Å². The number of carboxylic acids is 1. The highest BCUT2D eigenvalue weighted by molar-refractivity contribution is 5.93. The van der Waals surface area contributed by atoms with Gasteiger partial charge in [0.1, 0.15) is 11.8 Å². The number of piperazine rings is 1. The number of aromatic nitrogens is 1. The number of aromatic carboxylic acids is 1. The summed E-state index contributed by atoms with van der Waals surface area (Å²) >= 11 is 0. The molecule has 2 amide bonds. The molecule has 0 radical (unpaired) electrons. The highest BCUT2D eigenvalue weighted by Gasteiger charge is 2.49. The molecular formula is C26H31F3N4O4. The molecule has 1 N–H and O–H groups in total. The van der Waals surface area contributed by atoms with Crippen LogP contribution in [0.5, 0.6) is 5.75 Å². The van der Waals surface area contributed by atoms with Crippen LogP contribution in [0, 0.1) is 0 Å². The number of carbonyl (C=O) groups excluding carboxylic acids is 1. The lowest BCUT2D eigenvalue weighted by Gasteiger charge is -2.44. The zero-order chi connectivity index (χ0) is 26.7. The fourth-order valence-corrected chi connectivity index (χ4v) is 5.16. The molecule has 4 rings (SSSR count). The molecule has 0 bridgehead atoms. The number of hydrogen-bond acceptors (Lipinski definition) is 5. The number of anilines is 1. The molecule has 2 aliphatic rings. The van der Waals surface area contributed by atoms with Crippen molar-refractivity contribution in [3.8, 4) is 17.0 Å². The minimum Gasteiger partial charge on any atom is -0.493 e. The summed E-state index contributed by atoms with van der Waals surface area (Å²) in [4.78, 5) is 34.0. The fourth-order valence-electron chi connectivity index (χ4n) is 5.16. The number of para-hydroxylation sites is 1. The van der Waals surface area contributed by atoms with Crippen LogP contribution in [0.2, 0.25) is 0 Å². The fraction of sp³-hybridized carbons (Fsp3) is 0.500. The Morgan fingerprint density at radius 1 is 1.11 bits per heavy atom. The molecule has 2 aromatic rings. The topological polar surface area (TPSA) is 86.2 Å². The largest absolute Gasteiger partial charge is 0.493 e. The van der Waals surface area contributed by atoms with E-state index in [0.717, 1.165) is 4.90 Å². The van der Waals surface area contributed by atoms with E-state index in [0.29, 0.717) is 42.1 Å². The molecule has 0 saturated carbocycles. The predicted molar refractivity (Wildman–Crippen MR) is 132 cm³/mol. The molecule has 0 aliphatic carbocycles. The van der Waals surface area contributed by atoms with Crippen molar-refractivity contribution in [2.75, 3.05) is 37.7 Å². The minimum absolute atomic E-state index is 0.0811. The number of pyridine rings is 1. The first kappa shape index (κ1) is 26.6. The van der Waals surface area contributed by atoms with Crippen molar-refractivity contribution in [2.24, 2.45) is 0 Å². The van der Waals surface area contributed by atoms with Gasteiger partial charge in [-0.3, -0.25) is 0 Å². The molecule has 0 unspecified atom stereocenters. The van der Waals surface area contributed by atoms with Gasteiger partial charge in [0.15, 0.2) is 5.69 Å². The summed E-state index contributed by atoms with van der Waals surface area (Å²) in [6.07, 6.45) is -3.65. The van der Waals surface area contributed by atoms with Crippen LogP contribution in [0.1, 0.15) is 43.6 Å². The Balaban J connectivity index is 1.58. The van der Waals surface area contributed by atoms with E-state index < -0.39 is 24.2 Å². The predicted octanol–water partition coefficient (Wildman–Crippen LogP) is 4.89. The van der Waals surface area contributed by atoms with Gasteiger partial charge in [0.05, 0.1) is 18.0 Å². The van der Waals surface area contributed by atoms with E-state index in [1.807, 2.05) is 36.9 Å². The maximum atomic E-state index is 13.4. The third-order valence-electron chi connectivity index (χ3n) is 6.95. The third kappa shape index (κ3) is 5.45. The van der Waals surface area contributed by atoms with Crippen molar-refractivity contribution in [2.45, 2.75) is 51.4 Å². The number of carboxylic acid groups (broad SMARTS) is 1. The lowest BCUT2D eigenvalue weighted by molar-refractivity contribution is -0.170. The molecule has 2 fully saturated rings. The summed E-state index contributed by atoms with van der Waals surface area (Å²) in [6.45, 7) is 4.96. The van der Waals surface area contributed by atoms with Gasteiger partial charge in [-0.2, -0.15) is 13.2 Å². The van der Waals surface area contributed by atoms with Gasteiger partial charge in [-0.15, -0.1) is 0 Å². The Labute approximate surface area is 213 Å². The number of benzene rings is 1. The maximum Gasteiger partial charge on any atom is 0.408 e. The molecule has 2 aliphatic heterocycles. The van der Waals surface area contributed by atoms with E-state index in [-0.39, 0.29) is 44.3 Å². The van der Waals surface area contributed by atoms with Gasteiger partial charge in [0, 0.05) is 37.8 Å². The molecule has 8 nitrogen and oxygen atoms in total. The van der Waals surface area contributed by atoms with Crippen molar-refractivity contribution in [1.82, 2.24) is 14.8 Å². The second-order valence-corrected chi connectivity index (χ2v) is 9.18. The number of urea groups is 1. The van der Waals surface area contributed by atoms with E-state index in [1.54, 1.807) is 18.2 Å². The van der Waals surface area contributed by atoms with Gasteiger partial charge in [0.25, 0.3) is 0 Å². The van der Waals surface area contributed by atoms with Crippen LogP contribution in [0.15, 0.2) is 36.4 Å². The summed E-state index contributed by atoms with van der Waals surface area (Å²) in [7, 11) is 0. The SMILES string of the molecule is CCOc1ccccc1-c1ccc(N2CCN(C(=O)N3CCC[C@H]3C(F)(F)F)C[C@H]2CC)c(C(=O)O)n1. The van der Waals surface area contributed by atoms with Crippen LogP contribution in [-0.4, -0.2) is 82.9 Å². The third-order valence-corrected chi connectivity index (χ3v) is 6.95. The molecule has 0 spiro atoms. The van der Waals surface area contributed by atoms with E-state index in [1.165, 1.54) is 4.90 Å². The number of amides is 2. The van der Waals surface area contributed by atoms with Crippen molar-refractivity contribution >= 4 is 17.7 Å². The molecule has 1 aromatic carbocycles. The normalized spacial score (nSPS) is 20.3. The van der Waals surface area contributed by atoms with E-state index in [4.69, 9.17) is 4.74 Å². The van der Waals surface area contributed by atoms with E-state index in [9.17, 15) is 27.9 Å². The van der Waals surface area contributed by atoms with Crippen LogP contribution >= 0.6 is 0 Å². The van der Waals surface area contributed by atoms with Crippen molar-refractivity contribution in [3.63, 3.8) is 0 Å². The minimum atomic E-state index is -4.46. The lowest BCUT2D eigenvalue weighted by Crippen LogP contribution is -2.59. The van der Waals surface area contributed by atoms with Gasteiger partial charge in [-0.25, -0.2) is 14.6 Å². The van der Waals surface area contributed by atoms with Crippen LogP contribution in [0.3, 0.4) is 0 Å². The summed E-state index contributed by atoms with van der Waals surface area (Å²) in [5, 5.41) is 9.99. The number of nitrogens with zero attached hydrogens (tertiary/aromatic N) is 4. The Morgan fingerprint density at radius 3 is 2.54 bits per heavy atom. The average Bonchev–Trinajstić information content (AvgIpc) is 3.39. The summed E-state index contributed by atoms with van der Waals surface area (Å²) in [6, 6.07) is 8.05. The van der Waals surface area contributed by atoms with E-state index in [2.05, 4.69) is 4.98 Å². The van der Waals surface area contributed by atoms with Gasteiger partial charge in [0.2, 0.25) is 0 Å². The highest BCUT2D eigenvalue weighted by atomic mass is 19.4. The Kier molecular flexibility index (Phi) is 7.79. The zero-order valence-corrected chi connectivity index (χ0v) is 20.9. The molecule has 2 saturated heterocycles. The monoisotopic (exact) mass is 520 g/mol. The van der Waals surface area contributed by atoms with Gasteiger partial charge >= 0.3 is 18.2 Å².